The molecular weight excluding hydrogens is 280 g/mol. The zero-order chi connectivity index (χ0) is 15.7. The Morgan fingerprint density at radius 1 is 1.27 bits per heavy atom. The van der Waals surface area contributed by atoms with E-state index in [2.05, 4.69) is 4.98 Å². The smallest absolute Gasteiger partial charge is 0.256 e. The summed E-state index contributed by atoms with van der Waals surface area (Å²) in [5.41, 5.74) is 0.887. The molecule has 1 saturated heterocycles. The van der Waals surface area contributed by atoms with Crippen LogP contribution in [0.15, 0.2) is 29.1 Å². The molecule has 2 aromatic rings. The summed E-state index contributed by atoms with van der Waals surface area (Å²) in [6.45, 7) is 3.10. The molecule has 1 aliphatic rings. The number of aromatic amines is 1. The Balaban J connectivity index is 1.91. The van der Waals surface area contributed by atoms with Gasteiger partial charge in [-0.1, -0.05) is 0 Å². The molecule has 5 nitrogen and oxygen atoms in total. The highest BCUT2D eigenvalue weighted by Crippen LogP contribution is 2.28. The molecule has 0 saturated carbocycles. The van der Waals surface area contributed by atoms with Crippen molar-refractivity contribution in [3.63, 3.8) is 0 Å². The normalized spacial score (nSPS) is 16.0. The molecule has 0 spiro atoms. The Kier molecular flexibility index (Phi) is 3.88. The summed E-state index contributed by atoms with van der Waals surface area (Å²) in [5.74, 6) is 1.16. The van der Waals surface area contributed by atoms with Crippen molar-refractivity contribution in [3.05, 3.63) is 40.3 Å². The predicted octanol–water partition coefficient (Wildman–Crippen LogP) is 2.26. The van der Waals surface area contributed by atoms with Gasteiger partial charge >= 0.3 is 0 Å². The van der Waals surface area contributed by atoms with Crippen molar-refractivity contribution >= 4 is 16.7 Å². The van der Waals surface area contributed by atoms with E-state index in [1.165, 1.54) is 0 Å². The lowest BCUT2D eigenvalue weighted by Crippen LogP contribution is -2.36. The van der Waals surface area contributed by atoms with E-state index in [4.69, 9.17) is 4.74 Å². The van der Waals surface area contributed by atoms with Gasteiger partial charge in [-0.05, 0) is 42.5 Å². The Labute approximate surface area is 128 Å². The third-order valence-corrected chi connectivity index (χ3v) is 4.45. The minimum atomic E-state index is -0.0656. The molecule has 1 amide bonds. The van der Waals surface area contributed by atoms with Gasteiger partial charge in [0.1, 0.15) is 5.75 Å². The average Bonchev–Trinajstić information content (AvgIpc) is 2.54. The minimum Gasteiger partial charge on any atom is -0.497 e. The first-order valence-electron chi connectivity index (χ1n) is 7.55. The molecule has 0 radical (unpaired) electrons. The van der Waals surface area contributed by atoms with Crippen LogP contribution in [0, 0.1) is 0 Å². The van der Waals surface area contributed by atoms with Crippen LogP contribution in [0.4, 0.5) is 0 Å². The Hall–Kier alpha value is -2.30. The lowest BCUT2D eigenvalue weighted by molar-refractivity contribution is -0.129. The van der Waals surface area contributed by atoms with Crippen molar-refractivity contribution in [2.75, 3.05) is 20.2 Å². The number of pyridine rings is 1. The van der Waals surface area contributed by atoms with Gasteiger partial charge in [0.05, 0.1) is 7.11 Å². The van der Waals surface area contributed by atoms with Crippen LogP contribution in [-0.2, 0) is 4.79 Å². The maximum Gasteiger partial charge on any atom is 0.256 e. The molecule has 3 rings (SSSR count). The number of carbonyl (C=O) groups is 1. The predicted molar refractivity (Wildman–Crippen MR) is 85.3 cm³/mol. The second-order valence-electron chi connectivity index (χ2n) is 5.79. The number of rotatable bonds is 2. The lowest BCUT2D eigenvalue weighted by Gasteiger charge is -2.31. The number of nitrogens with one attached hydrogen (secondary N) is 1. The number of carbonyl (C=O) groups excluding carboxylic acids is 1. The van der Waals surface area contributed by atoms with Gasteiger partial charge in [-0.25, -0.2) is 0 Å². The highest BCUT2D eigenvalue weighted by molar-refractivity contribution is 5.83. The number of H-pyrrole nitrogens is 1. The Morgan fingerprint density at radius 2 is 2.00 bits per heavy atom. The van der Waals surface area contributed by atoms with Gasteiger partial charge in [-0.3, -0.25) is 9.59 Å². The molecular formula is C17H20N2O3. The molecule has 0 unspecified atom stereocenters. The largest absolute Gasteiger partial charge is 0.497 e. The molecule has 1 aliphatic heterocycles. The number of amides is 1. The van der Waals surface area contributed by atoms with Gasteiger partial charge in [0.25, 0.3) is 5.56 Å². The van der Waals surface area contributed by atoms with Crippen LogP contribution < -0.4 is 10.3 Å². The van der Waals surface area contributed by atoms with E-state index in [1.54, 1.807) is 26.2 Å². The molecule has 22 heavy (non-hydrogen) atoms. The van der Waals surface area contributed by atoms with Gasteiger partial charge in [0.15, 0.2) is 0 Å². The van der Waals surface area contributed by atoms with E-state index in [0.29, 0.717) is 11.3 Å². The number of likely N-dealkylation sites (tertiary alicyclic amines) is 1. The number of hydrogen-bond donors (Lipinski definition) is 1. The maximum absolute atomic E-state index is 12.3. The first-order valence-corrected chi connectivity index (χ1v) is 7.55. The standard InChI is InChI=1S/C17H20N2O3/c1-11(20)19-7-5-12(6-8-19)16-10-13-9-14(22-2)3-4-15(13)17(21)18-16/h3-4,9-10,12H,5-8H2,1-2H3,(H,18,21). The number of benzene rings is 1. The number of ether oxygens (including phenoxy) is 1. The fourth-order valence-corrected chi connectivity index (χ4v) is 3.12. The van der Waals surface area contributed by atoms with Gasteiger partial charge in [0, 0.05) is 37.0 Å². The monoisotopic (exact) mass is 300 g/mol. The summed E-state index contributed by atoms with van der Waals surface area (Å²) in [6, 6.07) is 7.50. The van der Waals surface area contributed by atoms with Crippen LogP contribution in [0.1, 0.15) is 31.4 Å². The lowest BCUT2D eigenvalue weighted by atomic mass is 9.92. The van der Waals surface area contributed by atoms with E-state index >= 15 is 0 Å². The maximum atomic E-state index is 12.3. The van der Waals surface area contributed by atoms with Crippen LogP contribution >= 0.6 is 0 Å². The van der Waals surface area contributed by atoms with Gasteiger partial charge in [-0.15, -0.1) is 0 Å². The number of piperidine rings is 1. The number of hydrogen-bond acceptors (Lipinski definition) is 3. The third-order valence-electron chi connectivity index (χ3n) is 4.45. The number of nitrogens with zero attached hydrogens (tertiary/aromatic N) is 1. The Bertz CT molecular complexity index is 758. The summed E-state index contributed by atoms with van der Waals surface area (Å²) in [5, 5.41) is 1.57. The van der Waals surface area contributed by atoms with Crippen LogP contribution in [0.25, 0.3) is 10.8 Å². The molecule has 116 valence electrons. The van der Waals surface area contributed by atoms with E-state index in [1.807, 2.05) is 17.0 Å². The fourth-order valence-electron chi connectivity index (χ4n) is 3.12. The molecule has 5 heteroatoms. The highest BCUT2D eigenvalue weighted by Gasteiger charge is 2.23. The summed E-state index contributed by atoms with van der Waals surface area (Å²) < 4.78 is 5.23. The zero-order valence-electron chi connectivity index (χ0n) is 12.9. The minimum absolute atomic E-state index is 0.0656. The average molecular weight is 300 g/mol. The molecule has 2 heterocycles. The third kappa shape index (κ3) is 2.71. The quantitative estimate of drug-likeness (QED) is 0.925. The molecule has 0 bridgehead atoms. The first kappa shape index (κ1) is 14.6. The van der Waals surface area contributed by atoms with Gasteiger partial charge in [0.2, 0.25) is 5.91 Å². The van der Waals surface area contributed by atoms with E-state index < -0.39 is 0 Å². The van der Waals surface area contributed by atoms with Crippen molar-refractivity contribution in [3.8, 4) is 5.75 Å². The van der Waals surface area contributed by atoms with Gasteiger partial charge < -0.3 is 14.6 Å². The van der Waals surface area contributed by atoms with Crippen molar-refractivity contribution in [2.45, 2.75) is 25.7 Å². The van der Waals surface area contributed by atoms with Crippen LogP contribution in [0.3, 0.4) is 0 Å². The topological polar surface area (TPSA) is 62.4 Å². The highest BCUT2D eigenvalue weighted by atomic mass is 16.5. The molecule has 0 atom stereocenters. The molecule has 1 fully saturated rings. The molecule has 0 aliphatic carbocycles. The van der Waals surface area contributed by atoms with Crippen molar-refractivity contribution in [2.24, 2.45) is 0 Å². The fraction of sp³-hybridized carbons (Fsp3) is 0.412. The van der Waals surface area contributed by atoms with Crippen molar-refractivity contribution < 1.29 is 9.53 Å². The van der Waals surface area contributed by atoms with Crippen molar-refractivity contribution in [1.29, 1.82) is 0 Å². The second-order valence-corrected chi connectivity index (χ2v) is 5.79. The van der Waals surface area contributed by atoms with E-state index in [0.717, 1.165) is 42.8 Å². The Morgan fingerprint density at radius 3 is 2.64 bits per heavy atom. The summed E-state index contributed by atoms with van der Waals surface area (Å²) in [7, 11) is 1.62. The number of fused-ring (bicyclic) bond motifs is 1. The number of methoxy groups -OCH3 is 1. The number of aromatic nitrogens is 1. The second kappa shape index (κ2) is 5.83. The summed E-state index contributed by atoms with van der Waals surface area (Å²) in [4.78, 5) is 28.5. The molecule has 1 aromatic heterocycles. The molecule has 1 N–H and O–H groups in total. The van der Waals surface area contributed by atoms with Crippen LogP contribution in [-0.4, -0.2) is 36.0 Å². The van der Waals surface area contributed by atoms with Crippen LogP contribution in [0.5, 0.6) is 5.75 Å². The SMILES string of the molecule is COc1ccc2c(=O)[nH]c(C3CCN(C(C)=O)CC3)cc2c1. The molecule has 1 aromatic carbocycles. The zero-order valence-corrected chi connectivity index (χ0v) is 12.9. The first-order chi connectivity index (χ1) is 10.6. The summed E-state index contributed by atoms with van der Waals surface area (Å²) in [6.07, 6.45) is 1.76. The van der Waals surface area contributed by atoms with E-state index in [-0.39, 0.29) is 11.5 Å². The van der Waals surface area contributed by atoms with E-state index in [9.17, 15) is 9.59 Å². The van der Waals surface area contributed by atoms with Crippen molar-refractivity contribution in [1.82, 2.24) is 9.88 Å². The van der Waals surface area contributed by atoms with Gasteiger partial charge in [-0.2, -0.15) is 0 Å². The summed E-state index contributed by atoms with van der Waals surface area (Å²) >= 11 is 0. The van der Waals surface area contributed by atoms with Crippen LogP contribution in [0.2, 0.25) is 0 Å².